The van der Waals surface area contributed by atoms with Gasteiger partial charge in [-0.15, -0.1) is 11.6 Å². The lowest BCUT2D eigenvalue weighted by atomic mass is 10.1. The molecule has 0 unspecified atom stereocenters. The first-order valence-corrected chi connectivity index (χ1v) is 7.67. The number of rotatable bonds is 5. The summed E-state index contributed by atoms with van der Waals surface area (Å²) >= 11 is 5.83. The van der Waals surface area contributed by atoms with Crippen molar-refractivity contribution >= 4 is 23.2 Å². The third-order valence-electron chi connectivity index (χ3n) is 3.34. The zero-order valence-electron chi connectivity index (χ0n) is 12.8. The Morgan fingerprint density at radius 2 is 1.92 bits per heavy atom. The minimum absolute atomic E-state index is 0.370. The summed E-state index contributed by atoms with van der Waals surface area (Å²) in [5, 5.41) is 3.10. The van der Waals surface area contributed by atoms with Crippen LogP contribution in [-0.4, -0.2) is 22.1 Å². The Hall–Kier alpha value is -2.73. The number of hydrogen-bond acceptors (Lipinski definition) is 5. The highest BCUT2D eigenvalue weighted by Gasteiger charge is 2.10. The van der Waals surface area contributed by atoms with Gasteiger partial charge >= 0.3 is 0 Å². The smallest absolute Gasteiger partial charge is 0.135 e. The molecular weight excluding hydrogens is 331 g/mol. The number of benzene rings is 1. The summed E-state index contributed by atoms with van der Waals surface area (Å²) in [5.74, 6) is 1.63. The summed E-state index contributed by atoms with van der Waals surface area (Å²) < 4.78 is 18.6. The van der Waals surface area contributed by atoms with E-state index in [4.69, 9.17) is 16.3 Å². The SMILES string of the molecule is COc1cc(F)ccc1-c1cc(Nc2cc(CCl)ccn2)ncn1. The van der Waals surface area contributed by atoms with E-state index in [-0.39, 0.29) is 5.82 Å². The second kappa shape index (κ2) is 7.23. The van der Waals surface area contributed by atoms with Crippen molar-refractivity contribution in [3.63, 3.8) is 0 Å². The molecule has 3 rings (SSSR count). The Labute approximate surface area is 143 Å². The van der Waals surface area contributed by atoms with Gasteiger partial charge in [0, 0.05) is 29.8 Å². The van der Waals surface area contributed by atoms with E-state index >= 15 is 0 Å². The Morgan fingerprint density at radius 1 is 1.08 bits per heavy atom. The predicted octanol–water partition coefficient (Wildman–Crippen LogP) is 4.17. The number of alkyl halides is 1. The maximum atomic E-state index is 13.3. The molecule has 0 aliphatic rings. The molecule has 1 aromatic carbocycles. The lowest BCUT2D eigenvalue weighted by molar-refractivity contribution is 0.413. The Kier molecular flexibility index (Phi) is 4.86. The fourth-order valence-electron chi connectivity index (χ4n) is 2.21. The Bertz CT molecular complexity index is 859. The van der Waals surface area contributed by atoms with Crippen LogP contribution >= 0.6 is 11.6 Å². The molecule has 1 N–H and O–H groups in total. The van der Waals surface area contributed by atoms with E-state index in [0.29, 0.717) is 34.5 Å². The van der Waals surface area contributed by atoms with Gasteiger partial charge in [-0.05, 0) is 29.8 Å². The largest absolute Gasteiger partial charge is 0.496 e. The Balaban J connectivity index is 1.92. The van der Waals surface area contributed by atoms with E-state index in [0.717, 1.165) is 5.56 Å². The maximum Gasteiger partial charge on any atom is 0.135 e. The van der Waals surface area contributed by atoms with E-state index in [1.165, 1.54) is 25.6 Å². The first kappa shape index (κ1) is 16.1. The molecule has 0 aliphatic heterocycles. The van der Waals surface area contributed by atoms with E-state index in [1.807, 2.05) is 12.1 Å². The quantitative estimate of drug-likeness (QED) is 0.704. The molecule has 0 saturated heterocycles. The molecule has 2 heterocycles. The number of anilines is 2. The van der Waals surface area contributed by atoms with E-state index in [1.54, 1.807) is 18.3 Å². The fraction of sp³-hybridized carbons (Fsp3) is 0.118. The van der Waals surface area contributed by atoms with Crippen molar-refractivity contribution in [2.24, 2.45) is 0 Å². The third kappa shape index (κ3) is 3.60. The van der Waals surface area contributed by atoms with Crippen LogP contribution < -0.4 is 10.1 Å². The van der Waals surface area contributed by atoms with Crippen LogP contribution in [0.4, 0.5) is 16.0 Å². The molecule has 0 aliphatic carbocycles. The summed E-state index contributed by atoms with van der Waals surface area (Å²) in [7, 11) is 1.49. The van der Waals surface area contributed by atoms with Crippen molar-refractivity contribution in [1.82, 2.24) is 15.0 Å². The highest BCUT2D eigenvalue weighted by atomic mass is 35.5. The van der Waals surface area contributed by atoms with Crippen LogP contribution in [0, 0.1) is 5.82 Å². The summed E-state index contributed by atoms with van der Waals surface area (Å²) in [4.78, 5) is 12.6. The van der Waals surface area contributed by atoms with Gasteiger partial charge in [0.05, 0.1) is 12.8 Å². The first-order chi connectivity index (χ1) is 11.7. The average Bonchev–Trinajstić information content (AvgIpc) is 2.62. The first-order valence-electron chi connectivity index (χ1n) is 7.13. The highest BCUT2D eigenvalue weighted by Crippen LogP contribution is 2.30. The summed E-state index contributed by atoms with van der Waals surface area (Å²) in [5.41, 5.74) is 2.23. The van der Waals surface area contributed by atoms with E-state index in [9.17, 15) is 4.39 Å². The maximum absolute atomic E-state index is 13.3. The number of aromatic nitrogens is 3. The number of ether oxygens (including phenoxy) is 1. The Morgan fingerprint density at radius 3 is 2.71 bits per heavy atom. The summed E-state index contributed by atoms with van der Waals surface area (Å²) in [6.45, 7) is 0. The zero-order chi connectivity index (χ0) is 16.9. The summed E-state index contributed by atoms with van der Waals surface area (Å²) in [6.07, 6.45) is 3.09. The van der Waals surface area contributed by atoms with Gasteiger partial charge in [0.15, 0.2) is 0 Å². The zero-order valence-corrected chi connectivity index (χ0v) is 13.6. The normalized spacial score (nSPS) is 10.5. The van der Waals surface area contributed by atoms with Gasteiger partial charge in [0.25, 0.3) is 0 Å². The van der Waals surface area contributed by atoms with Crippen molar-refractivity contribution < 1.29 is 9.13 Å². The third-order valence-corrected chi connectivity index (χ3v) is 3.65. The van der Waals surface area contributed by atoms with Gasteiger partial charge in [-0.3, -0.25) is 0 Å². The van der Waals surface area contributed by atoms with E-state index in [2.05, 4.69) is 20.3 Å². The molecule has 0 bridgehead atoms. The van der Waals surface area contributed by atoms with Crippen LogP contribution in [0.25, 0.3) is 11.3 Å². The molecule has 2 aromatic heterocycles. The van der Waals surface area contributed by atoms with Gasteiger partial charge in [0.2, 0.25) is 0 Å². The van der Waals surface area contributed by atoms with Crippen LogP contribution in [0.15, 0.2) is 48.9 Å². The molecule has 24 heavy (non-hydrogen) atoms. The van der Waals surface area contributed by atoms with Crippen LogP contribution in [0.1, 0.15) is 5.56 Å². The number of methoxy groups -OCH3 is 1. The van der Waals surface area contributed by atoms with Crippen molar-refractivity contribution in [2.45, 2.75) is 5.88 Å². The molecule has 0 radical (unpaired) electrons. The van der Waals surface area contributed by atoms with Crippen molar-refractivity contribution in [3.05, 3.63) is 60.3 Å². The highest BCUT2D eigenvalue weighted by molar-refractivity contribution is 6.17. The average molecular weight is 345 g/mol. The van der Waals surface area contributed by atoms with Crippen LogP contribution in [0.3, 0.4) is 0 Å². The van der Waals surface area contributed by atoms with Gasteiger partial charge in [0.1, 0.15) is 29.5 Å². The van der Waals surface area contributed by atoms with Crippen molar-refractivity contribution in [2.75, 3.05) is 12.4 Å². The molecule has 122 valence electrons. The van der Waals surface area contributed by atoms with Crippen LogP contribution in [0.5, 0.6) is 5.75 Å². The molecule has 5 nitrogen and oxygen atoms in total. The number of nitrogens with zero attached hydrogens (tertiary/aromatic N) is 3. The van der Waals surface area contributed by atoms with Crippen molar-refractivity contribution in [3.8, 4) is 17.0 Å². The van der Waals surface area contributed by atoms with Crippen LogP contribution in [0.2, 0.25) is 0 Å². The van der Waals surface area contributed by atoms with Gasteiger partial charge in [-0.2, -0.15) is 0 Å². The number of halogens is 2. The second-order valence-electron chi connectivity index (χ2n) is 4.94. The standard InChI is InChI=1S/C17H14ClFN4O/c1-24-15-7-12(19)2-3-13(15)14-8-17(22-10-21-14)23-16-6-11(9-18)4-5-20-16/h2-8,10H,9H2,1H3,(H,20,21,22,23). The molecule has 0 atom stereocenters. The molecule has 0 saturated carbocycles. The fourth-order valence-corrected chi connectivity index (χ4v) is 2.37. The lowest BCUT2D eigenvalue weighted by Crippen LogP contribution is -1.99. The molecule has 3 aromatic rings. The van der Waals surface area contributed by atoms with Gasteiger partial charge < -0.3 is 10.1 Å². The van der Waals surface area contributed by atoms with E-state index < -0.39 is 0 Å². The lowest BCUT2D eigenvalue weighted by Gasteiger charge is -2.10. The molecule has 0 spiro atoms. The van der Waals surface area contributed by atoms with Gasteiger partial charge in [-0.1, -0.05) is 0 Å². The van der Waals surface area contributed by atoms with Gasteiger partial charge in [-0.25, -0.2) is 19.3 Å². The minimum atomic E-state index is -0.370. The van der Waals surface area contributed by atoms with Crippen LogP contribution in [-0.2, 0) is 5.88 Å². The number of hydrogen-bond donors (Lipinski definition) is 1. The summed E-state index contributed by atoms with van der Waals surface area (Å²) in [6, 6.07) is 9.71. The predicted molar refractivity (Wildman–Crippen MR) is 91.1 cm³/mol. The number of nitrogens with one attached hydrogen (secondary N) is 1. The topological polar surface area (TPSA) is 59.9 Å². The molecular formula is C17H14ClFN4O. The monoisotopic (exact) mass is 344 g/mol. The minimum Gasteiger partial charge on any atom is -0.496 e. The molecule has 0 fully saturated rings. The molecule has 7 heteroatoms. The molecule has 0 amide bonds. The number of pyridine rings is 1. The second-order valence-corrected chi connectivity index (χ2v) is 5.21. The van der Waals surface area contributed by atoms with Crippen molar-refractivity contribution in [1.29, 1.82) is 0 Å².